The zero-order valence-corrected chi connectivity index (χ0v) is 9.62. The van der Waals surface area contributed by atoms with Crippen LogP contribution in [0.2, 0.25) is 0 Å². The first kappa shape index (κ1) is 11.0. The SMILES string of the molecule is CC(C)Oc1ccc2c(c1O)C(=O)CCC2. The minimum atomic E-state index is -0.0114. The second-order valence-electron chi connectivity index (χ2n) is 4.39. The molecule has 1 aliphatic rings. The lowest BCUT2D eigenvalue weighted by atomic mass is 9.90. The fraction of sp³-hybridized carbons (Fsp3) is 0.462. The summed E-state index contributed by atoms with van der Waals surface area (Å²) in [7, 11) is 0. The van der Waals surface area contributed by atoms with Crippen molar-refractivity contribution in [1.29, 1.82) is 0 Å². The zero-order valence-electron chi connectivity index (χ0n) is 9.62. The Morgan fingerprint density at radius 2 is 2.06 bits per heavy atom. The van der Waals surface area contributed by atoms with Gasteiger partial charge in [-0.1, -0.05) is 6.07 Å². The number of Topliss-reactive ketones (excluding diaryl/α,β-unsaturated/α-hetero) is 1. The van der Waals surface area contributed by atoms with Crippen molar-refractivity contribution < 1.29 is 14.6 Å². The number of aromatic hydroxyl groups is 1. The van der Waals surface area contributed by atoms with Gasteiger partial charge in [0.25, 0.3) is 0 Å². The molecule has 0 radical (unpaired) electrons. The predicted octanol–water partition coefficient (Wildman–Crippen LogP) is 2.70. The van der Waals surface area contributed by atoms with Gasteiger partial charge >= 0.3 is 0 Å². The van der Waals surface area contributed by atoms with Crippen LogP contribution in [0.5, 0.6) is 11.5 Å². The van der Waals surface area contributed by atoms with E-state index in [4.69, 9.17) is 4.74 Å². The Hall–Kier alpha value is -1.51. The van der Waals surface area contributed by atoms with Crippen molar-refractivity contribution in [1.82, 2.24) is 0 Å². The molecule has 0 unspecified atom stereocenters. The van der Waals surface area contributed by atoms with E-state index in [9.17, 15) is 9.90 Å². The molecule has 1 N–H and O–H groups in total. The Labute approximate surface area is 95.0 Å². The number of phenolic OH excluding ortho intramolecular Hbond substituents is 1. The number of carbonyl (C=O) groups excluding carboxylic acids is 1. The second-order valence-corrected chi connectivity index (χ2v) is 4.39. The largest absolute Gasteiger partial charge is 0.504 e. The van der Waals surface area contributed by atoms with Gasteiger partial charge < -0.3 is 9.84 Å². The van der Waals surface area contributed by atoms with E-state index in [1.807, 2.05) is 19.9 Å². The maximum atomic E-state index is 11.7. The van der Waals surface area contributed by atoms with E-state index in [0.717, 1.165) is 18.4 Å². The van der Waals surface area contributed by atoms with Crippen LogP contribution >= 0.6 is 0 Å². The molecular formula is C13H16O3. The van der Waals surface area contributed by atoms with Gasteiger partial charge in [0.05, 0.1) is 11.7 Å². The molecule has 0 saturated carbocycles. The third kappa shape index (κ3) is 1.90. The molecule has 86 valence electrons. The summed E-state index contributed by atoms with van der Waals surface area (Å²) in [4.78, 5) is 11.7. The topological polar surface area (TPSA) is 46.5 Å². The Balaban J connectivity index is 2.45. The van der Waals surface area contributed by atoms with Crippen LogP contribution < -0.4 is 4.74 Å². The smallest absolute Gasteiger partial charge is 0.168 e. The zero-order chi connectivity index (χ0) is 11.7. The summed E-state index contributed by atoms with van der Waals surface area (Å²) in [6, 6.07) is 3.62. The van der Waals surface area contributed by atoms with Crippen molar-refractivity contribution in [3.63, 3.8) is 0 Å². The number of aryl methyl sites for hydroxylation is 1. The molecule has 0 spiro atoms. The summed E-state index contributed by atoms with van der Waals surface area (Å²) in [5, 5.41) is 10.0. The predicted molar refractivity (Wildman–Crippen MR) is 61.1 cm³/mol. The molecule has 0 bridgehead atoms. The minimum absolute atomic E-state index is 0.0101. The van der Waals surface area contributed by atoms with Gasteiger partial charge in [-0.25, -0.2) is 0 Å². The van der Waals surface area contributed by atoms with E-state index in [-0.39, 0.29) is 17.6 Å². The van der Waals surface area contributed by atoms with Crippen molar-refractivity contribution in [2.75, 3.05) is 0 Å². The van der Waals surface area contributed by atoms with Gasteiger partial charge in [0.2, 0.25) is 0 Å². The van der Waals surface area contributed by atoms with Gasteiger partial charge in [-0.3, -0.25) is 4.79 Å². The average Bonchev–Trinajstić information content (AvgIpc) is 2.22. The normalized spacial score (nSPS) is 15.1. The molecule has 0 amide bonds. The first-order chi connectivity index (χ1) is 7.59. The van der Waals surface area contributed by atoms with E-state index in [1.165, 1.54) is 0 Å². The number of phenols is 1. The Kier molecular flexibility index (Phi) is 2.86. The molecule has 2 rings (SSSR count). The number of hydrogen-bond donors (Lipinski definition) is 1. The van der Waals surface area contributed by atoms with E-state index < -0.39 is 0 Å². The molecule has 3 nitrogen and oxygen atoms in total. The molecule has 3 heteroatoms. The molecule has 1 aromatic rings. The van der Waals surface area contributed by atoms with Crippen LogP contribution in [-0.2, 0) is 6.42 Å². The lowest BCUT2D eigenvalue weighted by Crippen LogP contribution is -2.13. The summed E-state index contributed by atoms with van der Waals surface area (Å²) >= 11 is 0. The standard InChI is InChI=1S/C13H16O3/c1-8(2)16-11-7-6-9-4-3-5-10(14)12(9)13(11)15/h6-8,15H,3-5H2,1-2H3. The number of rotatable bonds is 2. The van der Waals surface area contributed by atoms with Gasteiger partial charge in [-0.05, 0) is 38.3 Å². The molecule has 0 heterocycles. The number of ketones is 1. The van der Waals surface area contributed by atoms with Gasteiger partial charge in [-0.2, -0.15) is 0 Å². The third-order valence-electron chi connectivity index (χ3n) is 2.72. The van der Waals surface area contributed by atoms with Crippen molar-refractivity contribution in [2.45, 2.75) is 39.2 Å². The van der Waals surface area contributed by atoms with Crippen molar-refractivity contribution in [3.8, 4) is 11.5 Å². The third-order valence-corrected chi connectivity index (χ3v) is 2.72. The maximum Gasteiger partial charge on any atom is 0.168 e. The quantitative estimate of drug-likeness (QED) is 0.833. The summed E-state index contributed by atoms with van der Waals surface area (Å²) in [5.74, 6) is 0.438. The summed E-state index contributed by atoms with van der Waals surface area (Å²) in [6.45, 7) is 3.78. The summed E-state index contributed by atoms with van der Waals surface area (Å²) < 4.78 is 5.46. The second kappa shape index (κ2) is 4.16. The minimum Gasteiger partial charge on any atom is -0.504 e. The molecule has 0 fully saturated rings. The number of fused-ring (bicyclic) bond motifs is 1. The lowest BCUT2D eigenvalue weighted by molar-refractivity contribution is 0.0968. The number of carbonyl (C=O) groups is 1. The molecule has 1 aliphatic carbocycles. The van der Waals surface area contributed by atoms with Crippen LogP contribution in [0.15, 0.2) is 12.1 Å². The molecule has 0 aromatic heterocycles. The molecular weight excluding hydrogens is 204 g/mol. The van der Waals surface area contributed by atoms with Crippen LogP contribution in [0, 0.1) is 0 Å². The Bertz CT molecular complexity index is 421. The highest BCUT2D eigenvalue weighted by Crippen LogP contribution is 2.36. The van der Waals surface area contributed by atoms with E-state index in [2.05, 4.69) is 0 Å². The van der Waals surface area contributed by atoms with Crippen LogP contribution in [0.4, 0.5) is 0 Å². The van der Waals surface area contributed by atoms with E-state index in [0.29, 0.717) is 17.7 Å². The van der Waals surface area contributed by atoms with E-state index in [1.54, 1.807) is 6.07 Å². The van der Waals surface area contributed by atoms with Crippen LogP contribution in [0.1, 0.15) is 42.6 Å². The molecule has 0 atom stereocenters. The monoisotopic (exact) mass is 220 g/mol. The molecule has 0 saturated heterocycles. The maximum absolute atomic E-state index is 11.7. The highest BCUT2D eigenvalue weighted by atomic mass is 16.5. The lowest BCUT2D eigenvalue weighted by Gasteiger charge is -2.19. The number of ether oxygens (including phenoxy) is 1. The molecule has 0 aliphatic heterocycles. The highest BCUT2D eigenvalue weighted by molar-refractivity contribution is 6.01. The van der Waals surface area contributed by atoms with Gasteiger partial charge in [-0.15, -0.1) is 0 Å². The van der Waals surface area contributed by atoms with Crippen LogP contribution in [-0.4, -0.2) is 17.0 Å². The van der Waals surface area contributed by atoms with E-state index >= 15 is 0 Å². The number of hydrogen-bond acceptors (Lipinski definition) is 3. The summed E-state index contributed by atoms with van der Waals surface area (Å²) in [5.41, 5.74) is 1.40. The fourth-order valence-corrected chi connectivity index (χ4v) is 2.05. The van der Waals surface area contributed by atoms with Crippen molar-refractivity contribution in [2.24, 2.45) is 0 Å². The fourth-order valence-electron chi connectivity index (χ4n) is 2.05. The Morgan fingerprint density at radius 1 is 1.31 bits per heavy atom. The Morgan fingerprint density at radius 3 is 2.75 bits per heavy atom. The van der Waals surface area contributed by atoms with Crippen molar-refractivity contribution >= 4 is 5.78 Å². The molecule has 1 aromatic carbocycles. The number of benzene rings is 1. The first-order valence-corrected chi connectivity index (χ1v) is 5.64. The van der Waals surface area contributed by atoms with Gasteiger partial charge in [0, 0.05) is 6.42 Å². The van der Waals surface area contributed by atoms with Crippen molar-refractivity contribution in [3.05, 3.63) is 23.3 Å². The van der Waals surface area contributed by atoms with Gasteiger partial charge in [0.1, 0.15) is 0 Å². The van der Waals surface area contributed by atoms with Crippen LogP contribution in [0.25, 0.3) is 0 Å². The first-order valence-electron chi connectivity index (χ1n) is 5.64. The van der Waals surface area contributed by atoms with Gasteiger partial charge in [0.15, 0.2) is 17.3 Å². The summed E-state index contributed by atoms with van der Waals surface area (Å²) in [6.07, 6.45) is 2.24. The highest BCUT2D eigenvalue weighted by Gasteiger charge is 2.23. The molecule has 16 heavy (non-hydrogen) atoms. The van der Waals surface area contributed by atoms with Crippen LogP contribution in [0.3, 0.4) is 0 Å². The average molecular weight is 220 g/mol.